The molecule has 1 atom stereocenters. The average Bonchev–Trinajstić information content (AvgIpc) is 3.00. The van der Waals surface area contributed by atoms with Crippen LogP contribution in [0, 0.1) is 6.92 Å². The normalized spacial score (nSPS) is 18.4. The van der Waals surface area contributed by atoms with Gasteiger partial charge in [0.25, 0.3) is 0 Å². The second kappa shape index (κ2) is 6.74. The lowest BCUT2D eigenvalue weighted by molar-refractivity contribution is -0.130. The van der Waals surface area contributed by atoms with Gasteiger partial charge in [-0.3, -0.25) is 4.79 Å². The molecule has 2 heterocycles. The number of ether oxygens (including phenoxy) is 1. The molecule has 6 heteroatoms. The van der Waals surface area contributed by atoms with E-state index in [4.69, 9.17) is 10.5 Å². The summed E-state index contributed by atoms with van der Waals surface area (Å²) in [5.41, 5.74) is 6.62. The van der Waals surface area contributed by atoms with Gasteiger partial charge in [0.05, 0.1) is 11.8 Å². The Hall–Kier alpha value is -1.56. The van der Waals surface area contributed by atoms with Crippen molar-refractivity contribution in [3.05, 3.63) is 11.8 Å². The van der Waals surface area contributed by atoms with Gasteiger partial charge in [0.1, 0.15) is 12.4 Å². The summed E-state index contributed by atoms with van der Waals surface area (Å²) in [4.78, 5) is 13.8. The number of anilines is 1. The van der Waals surface area contributed by atoms with Gasteiger partial charge in [-0.25, -0.2) is 4.68 Å². The summed E-state index contributed by atoms with van der Waals surface area (Å²) in [6.45, 7) is 3.70. The van der Waals surface area contributed by atoms with Crippen molar-refractivity contribution >= 4 is 11.7 Å². The van der Waals surface area contributed by atoms with Gasteiger partial charge < -0.3 is 15.4 Å². The summed E-state index contributed by atoms with van der Waals surface area (Å²) in [5.74, 6) is 0.566. The number of likely N-dealkylation sites (N-methyl/N-ethyl adjacent to an activating group) is 1. The first-order valence-corrected chi connectivity index (χ1v) is 7.22. The number of hydrogen-bond acceptors (Lipinski definition) is 4. The number of nitrogen functional groups attached to an aromatic ring is 1. The Morgan fingerprint density at radius 1 is 1.65 bits per heavy atom. The molecular weight excluding hydrogens is 256 g/mol. The highest BCUT2D eigenvalue weighted by Gasteiger charge is 2.16. The van der Waals surface area contributed by atoms with Crippen molar-refractivity contribution in [2.75, 3.05) is 25.9 Å². The van der Waals surface area contributed by atoms with E-state index in [1.165, 1.54) is 0 Å². The average molecular weight is 280 g/mol. The van der Waals surface area contributed by atoms with Crippen molar-refractivity contribution in [3.8, 4) is 0 Å². The first-order valence-electron chi connectivity index (χ1n) is 7.22. The molecule has 6 nitrogen and oxygen atoms in total. The molecule has 2 N–H and O–H groups in total. The van der Waals surface area contributed by atoms with E-state index in [-0.39, 0.29) is 12.5 Å². The Morgan fingerprint density at radius 3 is 3.05 bits per heavy atom. The van der Waals surface area contributed by atoms with Crippen molar-refractivity contribution in [3.63, 3.8) is 0 Å². The Bertz CT molecular complexity index is 452. The van der Waals surface area contributed by atoms with E-state index in [1.807, 2.05) is 14.0 Å². The van der Waals surface area contributed by atoms with Crippen LogP contribution in [0.1, 0.15) is 31.4 Å². The fraction of sp³-hybridized carbons (Fsp3) is 0.714. The Morgan fingerprint density at radius 2 is 2.45 bits per heavy atom. The van der Waals surface area contributed by atoms with Crippen LogP contribution in [-0.4, -0.2) is 46.9 Å². The molecule has 0 radical (unpaired) electrons. The van der Waals surface area contributed by atoms with Crippen molar-refractivity contribution in [2.45, 2.75) is 45.3 Å². The molecule has 20 heavy (non-hydrogen) atoms. The molecule has 1 saturated heterocycles. The van der Waals surface area contributed by atoms with Gasteiger partial charge in [-0.15, -0.1) is 0 Å². The standard InChI is InChI=1S/C14H24N4O2/c1-11-9-13(15)18(16-11)10-14(19)17(2)7-3-5-12-6-4-8-20-12/h9,12H,3-8,10,15H2,1-2H3/t12-/m1/s1. The monoisotopic (exact) mass is 280 g/mol. The van der Waals surface area contributed by atoms with Crippen LogP contribution in [-0.2, 0) is 16.1 Å². The Kier molecular flexibility index (Phi) is 5.00. The van der Waals surface area contributed by atoms with Crippen LogP contribution in [0.15, 0.2) is 6.07 Å². The Balaban J connectivity index is 1.72. The lowest BCUT2D eigenvalue weighted by Crippen LogP contribution is -2.32. The first kappa shape index (κ1) is 14.8. The molecule has 0 aliphatic carbocycles. The zero-order valence-corrected chi connectivity index (χ0v) is 12.3. The molecule has 1 aromatic rings. The number of rotatable bonds is 6. The minimum atomic E-state index is 0.0344. The predicted octanol–water partition coefficient (Wildman–Crippen LogP) is 1.19. The van der Waals surface area contributed by atoms with Gasteiger partial charge in [-0.05, 0) is 32.6 Å². The van der Waals surface area contributed by atoms with Crippen LogP contribution >= 0.6 is 0 Å². The number of aryl methyl sites for hydroxylation is 1. The van der Waals surface area contributed by atoms with Gasteiger partial charge in [0.15, 0.2) is 0 Å². The lowest BCUT2D eigenvalue weighted by Gasteiger charge is -2.18. The fourth-order valence-corrected chi connectivity index (χ4v) is 2.49. The summed E-state index contributed by atoms with van der Waals surface area (Å²) in [6.07, 6.45) is 4.71. The highest BCUT2D eigenvalue weighted by atomic mass is 16.5. The van der Waals surface area contributed by atoms with Gasteiger partial charge in [0, 0.05) is 26.3 Å². The molecular formula is C14H24N4O2. The molecule has 1 aliphatic rings. The quantitative estimate of drug-likeness (QED) is 0.849. The maximum Gasteiger partial charge on any atom is 0.244 e. The number of carbonyl (C=O) groups excluding carboxylic acids is 1. The molecule has 1 fully saturated rings. The number of aromatic nitrogens is 2. The molecule has 1 aliphatic heterocycles. The van der Waals surface area contributed by atoms with E-state index in [1.54, 1.807) is 15.6 Å². The summed E-state index contributed by atoms with van der Waals surface area (Å²) < 4.78 is 7.13. The van der Waals surface area contributed by atoms with E-state index >= 15 is 0 Å². The maximum absolute atomic E-state index is 12.1. The summed E-state index contributed by atoms with van der Waals surface area (Å²) in [7, 11) is 1.82. The van der Waals surface area contributed by atoms with Gasteiger partial charge >= 0.3 is 0 Å². The van der Waals surface area contributed by atoms with Crippen LogP contribution in [0.5, 0.6) is 0 Å². The highest BCUT2D eigenvalue weighted by molar-refractivity contribution is 5.76. The van der Waals surface area contributed by atoms with Crippen LogP contribution in [0.3, 0.4) is 0 Å². The van der Waals surface area contributed by atoms with Crippen molar-refractivity contribution < 1.29 is 9.53 Å². The number of nitrogens with two attached hydrogens (primary N) is 1. The summed E-state index contributed by atoms with van der Waals surface area (Å²) >= 11 is 0. The largest absolute Gasteiger partial charge is 0.384 e. The van der Waals surface area contributed by atoms with Gasteiger partial charge in [-0.2, -0.15) is 5.10 Å². The minimum Gasteiger partial charge on any atom is -0.384 e. The van der Waals surface area contributed by atoms with E-state index < -0.39 is 0 Å². The molecule has 0 spiro atoms. The Labute approximate surface area is 119 Å². The second-order valence-electron chi connectivity index (χ2n) is 5.46. The zero-order valence-electron chi connectivity index (χ0n) is 12.3. The van der Waals surface area contributed by atoms with Crippen molar-refractivity contribution in [2.24, 2.45) is 0 Å². The van der Waals surface area contributed by atoms with Crippen molar-refractivity contribution in [1.29, 1.82) is 0 Å². The minimum absolute atomic E-state index is 0.0344. The molecule has 0 saturated carbocycles. The number of hydrogen-bond donors (Lipinski definition) is 1. The predicted molar refractivity (Wildman–Crippen MR) is 77.2 cm³/mol. The van der Waals surface area contributed by atoms with Gasteiger partial charge in [0.2, 0.25) is 5.91 Å². The number of carbonyl (C=O) groups is 1. The molecule has 0 unspecified atom stereocenters. The third-order valence-electron chi connectivity index (χ3n) is 3.69. The zero-order chi connectivity index (χ0) is 14.5. The second-order valence-corrected chi connectivity index (χ2v) is 5.46. The number of nitrogens with zero attached hydrogens (tertiary/aromatic N) is 3. The van der Waals surface area contributed by atoms with Crippen LogP contribution in [0.2, 0.25) is 0 Å². The summed E-state index contributed by atoms with van der Waals surface area (Å²) in [6, 6.07) is 1.77. The highest BCUT2D eigenvalue weighted by Crippen LogP contribution is 2.16. The SMILES string of the molecule is Cc1cc(N)n(CC(=O)N(C)CCC[C@@H]2CCCO2)n1. The van der Waals surface area contributed by atoms with Gasteiger partial charge in [-0.1, -0.05) is 0 Å². The fourth-order valence-electron chi connectivity index (χ4n) is 2.49. The van der Waals surface area contributed by atoms with Crippen LogP contribution in [0.4, 0.5) is 5.82 Å². The third kappa shape index (κ3) is 3.96. The molecule has 1 aromatic heterocycles. The smallest absolute Gasteiger partial charge is 0.244 e. The molecule has 0 aromatic carbocycles. The lowest BCUT2D eigenvalue weighted by atomic mass is 10.1. The van der Waals surface area contributed by atoms with E-state index in [0.29, 0.717) is 11.9 Å². The van der Waals surface area contributed by atoms with E-state index in [9.17, 15) is 4.79 Å². The molecule has 2 rings (SSSR count). The number of amides is 1. The van der Waals surface area contributed by atoms with Crippen molar-refractivity contribution in [1.82, 2.24) is 14.7 Å². The molecule has 0 bridgehead atoms. The summed E-state index contributed by atoms with van der Waals surface area (Å²) in [5, 5.41) is 4.20. The first-order chi connectivity index (χ1) is 9.56. The topological polar surface area (TPSA) is 73.4 Å². The molecule has 112 valence electrons. The molecule has 1 amide bonds. The van der Waals surface area contributed by atoms with E-state index in [0.717, 1.165) is 44.5 Å². The van der Waals surface area contributed by atoms with E-state index in [2.05, 4.69) is 5.10 Å². The van der Waals surface area contributed by atoms with Crippen LogP contribution < -0.4 is 5.73 Å². The van der Waals surface area contributed by atoms with Crippen LogP contribution in [0.25, 0.3) is 0 Å². The maximum atomic E-state index is 12.1. The third-order valence-corrected chi connectivity index (χ3v) is 3.69.